The van der Waals surface area contributed by atoms with E-state index in [4.69, 9.17) is 21.3 Å². The zero-order valence-electron chi connectivity index (χ0n) is 31.8. The third-order valence-electron chi connectivity index (χ3n) is 10.4. The zero-order chi connectivity index (χ0) is 38.3. The highest BCUT2D eigenvalue weighted by atomic mass is 35.5. The molecule has 13 heteroatoms. The lowest BCUT2D eigenvalue weighted by molar-refractivity contribution is 0.0904. The van der Waals surface area contributed by atoms with Gasteiger partial charge < -0.3 is 26.0 Å². The molecule has 2 amide bonds. The van der Waals surface area contributed by atoms with Crippen molar-refractivity contribution in [1.82, 2.24) is 40.6 Å². The predicted molar refractivity (Wildman–Crippen MR) is 216 cm³/mol. The van der Waals surface area contributed by atoms with Crippen LogP contribution in [0.1, 0.15) is 77.0 Å². The molecule has 288 valence electrons. The summed E-state index contributed by atoms with van der Waals surface area (Å²) in [7, 11) is 0. The van der Waals surface area contributed by atoms with Crippen molar-refractivity contribution < 1.29 is 14.3 Å². The minimum absolute atomic E-state index is 0.154. The molecule has 3 aromatic heterocycles. The Bertz CT molecular complexity index is 2150. The van der Waals surface area contributed by atoms with E-state index in [0.29, 0.717) is 37.2 Å². The van der Waals surface area contributed by atoms with Gasteiger partial charge in [0.15, 0.2) is 5.65 Å². The van der Waals surface area contributed by atoms with Crippen molar-refractivity contribution in [3.8, 4) is 11.1 Å². The van der Waals surface area contributed by atoms with Gasteiger partial charge in [-0.2, -0.15) is 5.10 Å². The van der Waals surface area contributed by atoms with E-state index < -0.39 is 0 Å². The van der Waals surface area contributed by atoms with Crippen molar-refractivity contribution in [1.29, 1.82) is 0 Å². The molecule has 2 saturated heterocycles. The van der Waals surface area contributed by atoms with Gasteiger partial charge in [-0.25, -0.2) is 14.6 Å². The molecule has 0 radical (unpaired) electrons. The van der Waals surface area contributed by atoms with E-state index in [-0.39, 0.29) is 42.3 Å². The van der Waals surface area contributed by atoms with Gasteiger partial charge in [0, 0.05) is 93.0 Å². The molecule has 4 N–H and O–H groups in total. The largest absolute Gasteiger partial charge is 0.381 e. The Balaban J connectivity index is 1.02. The normalized spacial score (nSPS) is 16.6. The Labute approximate surface area is 327 Å². The lowest BCUT2D eigenvalue weighted by atomic mass is 10.0. The molecule has 2 aromatic carbocycles. The van der Waals surface area contributed by atoms with Gasteiger partial charge in [0.25, 0.3) is 11.8 Å². The molecule has 0 bridgehead atoms. The SMILES string of the molecule is CCc1nc2c(cnn2CC)c(NC2CCOCC2)c1CNC(=O)c1cccc(C(=O)NCc2ccc(Cl)c(-c3cccc(CN4CCN[C@H](C)C4)c3)c2)n1. The number of fused-ring (bicyclic) bond motifs is 1. The van der Waals surface area contributed by atoms with E-state index in [2.05, 4.69) is 74.4 Å². The number of nitrogens with one attached hydrogen (secondary N) is 4. The third-order valence-corrected chi connectivity index (χ3v) is 10.7. The number of benzene rings is 2. The van der Waals surface area contributed by atoms with Crippen LogP contribution in [0.3, 0.4) is 0 Å². The summed E-state index contributed by atoms with van der Waals surface area (Å²) in [5.41, 5.74) is 7.96. The first-order chi connectivity index (χ1) is 26.8. The zero-order valence-corrected chi connectivity index (χ0v) is 32.6. The lowest BCUT2D eigenvalue weighted by Gasteiger charge is -2.31. The van der Waals surface area contributed by atoms with Crippen LogP contribution in [0.25, 0.3) is 22.2 Å². The van der Waals surface area contributed by atoms with Crippen LogP contribution in [0.2, 0.25) is 5.02 Å². The van der Waals surface area contributed by atoms with Gasteiger partial charge in [-0.3, -0.25) is 14.5 Å². The van der Waals surface area contributed by atoms with Crippen molar-refractivity contribution in [2.45, 2.75) is 78.3 Å². The summed E-state index contributed by atoms with van der Waals surface area (Å²) >= 11 is 6.70. The highest BCUT2D eigenvalue weighted by Gasteiger charge is 2.23. The number of amides is 2. The number of aryl methyl sites for hydroxylation is 2. The average molecular weight is 764 g/mol. The van der Waals surface area contributed by atoms with Crippen molar-refractivity contribution >= 4 is 40.1 Å². The van der Waals surface area contributed by atoms with Crippen LogP contribution in [0.15, 0.2) is 66.9 Å². The maximum atomic E-state index is 13.5. The summed E-state index contributed by atoms with van der Waals surface area (Å²) in [6, 6.07) is 19.9. The second kappa shape index (κ2) is 17.7. The molecular formula is C42H50ClN9O3. The summed E-state index contributed by atoms with van der Waals surface area (Å²) in [4.78, 5) is 38.8. The molecule has 0 spiro atoms. The molecule has 0 saturated carbocycles. The highest BCUT2D eigenvalue weighted by molar-refractivity contribution is 6.33. The Morgan fingerprint density at radius 3 is 2.45 bits per heavy atom. The van der Waals surface area contributed by atoms with Crippen molar-refractivity contribution in [2.75, 3.05) is 38.2 Å². The van der Waals surface area contributed by atoms with Crippen molar-refractivity contribution in [2.24, 2.45) is 0 Å². The molecule has 5 heterocycles. The highest BCUT2D eigenvalue weighted by Crippen LogP contribution is 2.32. The molecular weight excluding hydrogens is 714 g/mol. The summed E-state index contributed by atoms with van der Waals surface area (Å²) in [6.07, 6.45) is 4.31. The van der Waals surface area contributed by atoms with Gasteiger partial charge in [-0.05, 0) is 80.1 Å². The summed E-state index contributed by atoms with van der Waals surface area (Å²) < 4.78 is 7.49. The first kappa shape index (κ1) is 38.4. The number of nitrogens with zero attached hydrogens (tertiary/aromatic N) is 5. The van der Waals surface area contributed by atoms with E-state index in [0.717, 1.165) is 83.7 Å². The van der Waals surface area contributed by atoms with Gasteiger partial charge in [0.2, 0.25) is 0 Å². The van der Waals surface area contributed by atoms with Crippen molar-refractivity contribution in [3.05, 3.63) is 106 Å². The van der Waals surface area contributed by atoms with Gasteiger partial charge >= 0.3 is 0 Å². The van der Waals surface area contributed by atoms with Crippen LogP contribution in [-0.4, -0.2) is 81.4 Å². The van der Waals surface area contributed by atoms with Gasteiger partial charge in [0.1, 0.15) is 11.4 Å². The maximum Gasteiger partial charge on any atom is 0.270 e. The molecule has 2 aliphatic heterocycles. The molecule has 5 aromatic rings. The van der Waals surface area contributed by atoms with Crippen LogP contribution in [0, 0.1) is 0 Å². The third kappa shape index (κ3) is 9.16. The number of halogens is 1. The van der Waals surface area contributed by atoms with E-state index in [1.54, 1.807) is 18.2 Å². The number of aromatic nitrogens is 4. The Kier molecular flexibility index (Phi) is 12.4. The number of hydrogen-bond donors (Lipinski definition) is 4. The monoisotopic (exact) mass is 763 g/mol. The fourth-order valence-corrected chi connectivity index (χ4v) is 7.70. The smallest absolute Gasteiger partial charge is 0.270 e. The number of rotatable bonds is 13. The second-order valence-corrected chi connectivity index (χ2v) is 14.8. The number of ether oxygens (including phenoxy) is 1. The minimum atomic E-state index is -0.380. The molecule has 2 aliphatic rings. The van der Waals surface area contributed by atoms with Gasteiger partial charge in [0.05, 0.1) is 17.3 Å². The summed E-state index contributed by atoms with van der Waals surface area (Å²) in [5.74, 6) is -0.758. The van der Waals surface area contributed by atoms with Crippen LogP contribution in [0.5, 0.6) is 0 Å². The molecule has 2 fully saturated rings. The Hall–Kier alpha value is -4.88. The predicted octanol–water partition coefficient (Wildman–Crippen LogP) is 5.97. The fourth-order valence-electron chi connectivity index (χ4n) is 7.48. The number of anilines is 1. The first-order valence-corrected chi connectivity index (χ1v) is 19.8. The number of carbonyl (C=O) groups is 2. The van der Waals surface area contributed by atoms with E-state index in [1.807, 2.05) is 36.0 Å². The fraction of sp³-hybridized carbons (Fsp3) is 0.405. The maximum absolute atomic E-state index is 13.5. The van der Waals surface area contributed by atoms with Crippen LogP contribution in [0.4, 0.5) is 5.69 Å². The minimum Gasteiger partial charge on any atom is -0.381 e. The van der Waals surface area contributed by atoms with Crippen LogP contribution >= 0.6 is 11.6 Å². The molecule has 0 aliphatic carbocycles. The van der Waals surface area contributed by atoms with Gasteiger partial charge in [-0.15, -0.1) is 0 Å². The standard InChI is InChI=1S/C42H50ClN9O3/c1-4-36-33(39(48-31-14-18-55-19-15-31)34-24-47-52(5-2)40(34)50-36)23-46-42(54)38-11-7-10-37(49-38)41(53)45-22-28-12-13-35(43)32(21-28)30-9-6-8-29(20-30)26-51-17-16-44-27(3)25-51/h6-13,20-21,24,27,31,44H,4-5,14-19,22-23,25-26H2,1-3H3,(H,45,53)(H,46,54)(H,48,50)/t27-/m1/s1. The number of pyridine rings is 2. The average Bonchev–Trinajstić information content (AvgIpc) is 3.63. The Morgan fingerprint density at radius 2 is 1.71 bits per heavy atom. The van der Waals surface area contributed by atoms with Crippen LogP contribution < -0.4 is 21.3 Å². The lowest BCUT2D eigenvalue weighted by Crippen LogP contribution is -2.48. The van der Waals surface area contributed by atoms with E-state index in [9.17, 15) is 9.59 Å². The summed E-state index contributed by atoms with van der Waals surface area (Å²) in [5, 5.41) is 19.4. The molecule has 0 unspecified atom stereocenters. The molecule has 1 atom stereocenters. The first-order valence-electron chi connectivity index (χ1n) is 19.4. The van der Waals surface area contributed by atoms with Gasteiger partial charge in [-0.1, -0.05) is 48.9 Å². The number of hydrogen-bond acceptors (Lipinski definition) is 9. The second-order valence-electron chi connectivity index (χ2n) is 14.4. The van der Waals surface area contributed by atoms with Crippen molar-refractivity contribution in [3.63, 3.8) is 0 Å². The summed E-state index contributed by atoms with van der Waals surface area (Å²) in [6.45, 7) is 12.8. The molecule has 55 heavy (non-hydrogen) atoms. The quantitative estimate of drug-likeness (QED) is 0.114. The number of piperazine rings is 1. The van der Waals surface area contributed by atoms with E-state index >= 15 is 0 Å². The number of carbonyl (C=O) groups excluding carboxylic acids is 2. The Morgan fingerprint density at radius 1 is 0.945 bits per heavy atom. The topological polar surface area (TPSA) is 138 Å². The van der Waals surface area contributed by atoms with E-state index in [1.165, 1.54) is 5.56 Å². The van der Waals surface area contributed by atoms with Crippen LogP contribution in [-0.2, 0) is 37.3 Å². The molecule has 12 nitrogen and oxygen atoms in total. The molecule has 7 rings (SSSR count).